The van der Waals surface area contributed by atoms with Gasteiger partial charge in [0, 0.05) is 17.8 Å². The van der Waals surface area contributed by atoms with Gasteiger partial charge in [-0.15, -0.1) is 0 Å². The maximum atomic E-state index is 10.9. The van der Waals surface area contributed by atoms with E-state index in [0.29, 0.717) is 22.1 Å². The average Bonchev–Trinajstić information content (AvgIpc) is 2.90. The van der Waals surface area contributed by atoms with E-state index in [1.165, 1.54) is 6.08 Å². The standard InChI is InChI=1S/C17H13ClN2O3/c1-23-13-5-2-11(3-6-13)17-14(7-9-16(21)22)20-10-12(18)4-8-15(20)19-17/h2-10H,1H3,(H,21,22). The molecule has 2 aromatic heterocycles. The van der Waals surface area contributed by atoms with Crippen molar-refractivity contribution >= 4 is 29.3 Å². The molecule has 0 aliphatic heterocycles. The molecule has 0 spiro atoms. The molecule has 0 saturated carbocycles. The molecule has 0 unspecified atom stereocenters. The third-order valence-corrected chi connectivity index (χ3v) is 3.59. The lowest BCUT2D eigenvalue weighted by Crippen LogP contribution is -1.91. The third-order valence-electron chi connectivity index (χ3n) is 3.37. The van der Waals surface area contributed by atoms with Crippen LogP contribution in [-0.2, 0) is 4.79 Å². The lowest BCUT2D eigenvalue weighted by atomic mass is 10.1. The first-order valence-corrected chi connectivity index (χ1v) is 7.19. The smallest absolute Gasteiger partial charge is 0.328 e. The van der Waals surface area contributed by atoms with Gasteiger partial charge in [0.05, 0.1) is 23.5 Å². The zero-order chi connectivity index (χ0) is 16.4. The summed E-state index contributed by atoms with van der Waals surface area (Å²) < 4.78 is 6.92. The number of aliphatic carboxylic acids is 1. The second-order valence-electron chi connectivity index (χ2n) is 4.82. The van der Waals surface area contributed by atoms with E-state index < -0.39 is 5.97 Å². The molecule has 1 N–H and O–H groups in total. The molecule has 0 fully saturated rings. The number of carboxylic acid groups (broad SMARTS) is 1. The first-order chi connectivity index (χ1) is 11.1. The summed E-state index contributed by atoms with van der Waals surface area (Å²) in [5.74, 6) is -0.286. The molecule has 0 amide bonds. The molecule has 0 aliphatic rings. The summed E-state index contributed by atoms with van der Waals surface area (Å²) in [5.41, 5.74) is 2.86. The maximum Gasteiger partial charge on any atom is 0.328 e. The normalized spacial score (nSPS) is 11.2. The van der Waals surface area contributed by atoms with Crippen molar-refractivity contribution < 1.29 is 14.6 Å². The van der Waals surface area contributed by atoms with E-state index >= 15 is 0 Å². The Hall–Kier alpha value is -2.79. The molecule has 0 atom stereocenters. The van der Waals surface area contributed by atoms with E-state index in [1.807, 2.05) is 24.3 Å². The van der Waals surface area contributed by atoms with Gasteiger partial charge in [-0.05, 0) is 42.5 Å². The number of hydrogen-bond donors (Lipinski definition) is 1. The Morgan fingerprint density at radius 3 is 2.65 bits per heavy atom. The Kier molecular flexibility index (Phi) is 4.04. The minimum atomic E-state index is -1.03. The van der Waals surface area contributed by atoms with Gasteiger partial charge in [0.1, 0.15) is 11.4 Å². The van der Waals surface area contributed by atoms with Crippen molar-refractivity contribution in [2.45, 2.75) is 0 Å². The molecule has 0 bridgehead atoms. The van der Waals surface area contributed by atoms with Crippen molar-refractivity contribution in [3.63, 3.8) is 0 Å². The second-order valence-corrected chi connectivity index (χ2v) is 5.26. The van der Waals surface area contributed by atoms with Crippen LogP contribution in [0.4, 0.5) is 0 Å². The molecule has 0 radical (unpaired) electrons. The van der Waals surface area contributed by atoms with Crippen molar-refractivity contribution in [1.82, 2.24) is 9.38 Å². The maximum absolute atomic E-state index is 10.9. The predicted octanol–water partition coefficient (Wildman–Crippen LogP) is 3.76. The van der Waals surface area contributed by atoms with Crippen LogP contribution >= 0.6 is 11.6 Å². The molecule has 1 aromatic carbocycles. The Labute approximate surface area is 137 Å². The monoisotopic (exact) mass is 328 g/mol. The lowest BCUT2D eigenvalue weighted by molar-refractivity contribution is -0.131. The zero-order valence-electron chi connectivity index (χ0n) is 12.2. The number of ether oxygens (including phenoxy) is 1. The van der Waals surface area contributed by atoms with Crippen LogP contribution in [0.1, 0.15) is 5.69 Å². The van der Waals surface area contributed by atoms with Gasteiger partial charge in [0.2, 0.25) is 0 Å². The summed E-state index contributed by atoms with van der Waals surface area (Å²) in [4.78, 5) is 15.4. The number of rotatable bonds is 4. The Morgan fingerprint density at radius 2 is 2.00 bits per heavy atom. The van der Waals surface area contributed by atoms with Gasteiger partial charge < -0.3 is 9.84 Å². The van der Waals surface area contributed by atoms with Crippen LogP contribution in [0.15, 0.2) is 48.7 Å². The van der Waals surface area contributed by atoms with E-state index in [1.54, 1.807) is 29.8 Å². The number of hydrogen-bond acceptors (Lipinski definition) is 3. The van der Waals surface area contributed by atoms with Crippen LogP contribution in [0.2, 0.25) is 5.02 Å². The SMILES string of the molecule is COc1ccc(-c2nc3ccc(Cl)cn3c2C=CC(=O)O)cc1. The number of imidazole rings is 1. The fourth-order valence-electron chi connectivity index (χ4n) is 2.31. The Morgan fingerprint density at radius 1 is 1.26 bits per heavy atom. The summed E-state index contributed by atoms with van der Waals surface area (Å²) >= 11 is 6.04. The van der Waals surface area contributed by atoms with E-state index in [2.05, 4.69) is 4.98 Å². The molecule has 5 nitrogen and oxygen atoms in total. The Bertz CT molecular complexity index is 898. The lowest BCUT2D eigenvalue weighted by Gasteiger charge is -2.03. The molecule has 23 heavy (non-hydrogen) atoms. The van der Waals surface area contributed by atoms with Crippen LogP contribution < -0.4 is 4.74 Å². The molecule has 3 aromatic rings. The topological polar surface area (TPSA) is 63.8 Å². The molecule has 0 aliphatic carbocycles. The Balaban J connectivity index is 2.21. The van der Waals surface area contributed by atoms with Crippen LogP contribution in [0.5, 0.6) is 5.75 Å². The molecular weight excluding hydrogens is 316 g/mol. The number of fused-ring (bicyclic) bond motifs is 1. The van der Waals surface area contributed by atoms with Crippen LogP contribution in [0.25, 0.3) is 23.0 Å². The first kappa shape index (κ1) is 15.1. The van der Waals surface area contributed by atoms with Gasteiger partial charge in [-0.25, -0.2) is 9.78 Å². The highest BCUT2D eigenvalue weighted by Gasteiger charge is 2.13. The number of carbonyl (C=O) groups is 1. The van der Waals surface area contributed by atoms with Gasteiger partial charge >= 0.3 is 5.97 Å². The van der Waals surface area contributed by atoms with E-state index in [0.717, 1.165) is 17.4 Å². The van der Waals surface area contributed by atoms with Gasteiger partial charge in [-0.2, -0.15) is 0 Å². The summed E-state index contributed by atoms with van der Waals surface area (Å²) in [7, 11) is 1.60. The van der Waals surface area contributed by atoms with Gasteiger partial charge in [-0.1, -0.05) is 11.6 Å². The average molecular weight is 329 g/mol. The highest BCUT2D eigenvalue weighted by Crippen LogP contribution is 2.28. The van der Waals surface area contributed by atoms with Crippen LogP contribution in [0.3, 0.4) is 0 Å². The van der Waals surface area contributed by atoms with Gasteiger partial charge in [0.15, 0.2) is 0 Å². The number of benzene rings is 1. The first-order valence-electron chi connectivity index (χ1n) is 6.81. The number of pyridine rings is 1. The van der Waals surface area contributed by atoms with Crippen molar-refractivity contribution in [3.8, 4) is 17.0 Å². The quantitative estimate of drug-likeness (QED) is 0.741. The number of nitrogens with zero attached hydrogens (tertiary/aromatic N) is 2. The highest BCUT2D eigenvalue weighted by atomic mass is 35.5. The molecule has 116 valence electrons. The van der Waals surface area contributed by atoms with Crippen molar-refractivity contribution in [1.29, 1.82) is 0 Å². The number of aromatic nitrogens is 2. The third kappa shape index (κ3) is 3.05. The minimum Gasteiger partial charge on any atom is -0.497 e. The molecule has 3 rings (SSSR count). The van der Waals surface area contributed by atoms with E-state index in [4.69, 9.17) is 21.4 Å². The summed E-state index contributed by atoms with van der Waals surface area (Å²) in [5, 5.41) is 9.45. The van der Waals surface area contributed by atoms with Crippen molar-refractivity contribution in [2.24, 2.45) is 0 Å². The number of halogens is 1. The highest BCUT2D eigenvalue weighted by molar-refractivity contribution is 6.30. The molecule has 0 saturated heterocycles. The zero-order valence-corrected chi connectivity index (χ0v) is 13.0. The summed E-state index contributed by atoms with van der Waals surface area (Å²) in [6.45, 7) is 0. The minimum absolute atomic E-state index is 0.543. The second kappa shape index (κ2) is 6.14. The largest absolute Gasteiger partial charge is 0.497 e. The fraction of sp³-hybridized carbons (Fsp3) is 0.0588. The number of carboxylic acids is 1. The molecule has 2 heterocycles. The number of methoxy groups -OCH3 is 1. The molecular formula is C17H13ClN2O3. The van der Waals surface area contributed by atoms with Gasteiger partial charge in [0.25, 0.3) is 0 Å². The van der Waals surface area contributed by atoms with Crippen LogP contribution in [0, 0.1) is 0 Å². The molecule has 6 heteroatoms. The van der Waals surface area contributed by atoms with Crippen LogP contribution in [-0.4, -0.2) is 27.6 Å². The summed E-state index contributed by atoms with van der Waals surface area (Å²) in [6, 6.07) is 10.9. The summed E-state index contributed by atoms with van der Waals surface area (Å²) in [6.07, 6.45) is 4.30. The fourth-order valence-corrected chi connectivity index (χ4v) is 2.47. The van der Waals surface area contributed by atoms with E-state index in [-0.39, 0.29) is 0 Å². The van der Waals surface area contributed by atoms with E-state index in [9.17, 15) is 4.79 Å². The van der Waals surface area contributed by atoms with Crippen molar-refractivity contribution in [3.05, 3.63) is 59.4 Å². The van der Waals surface area contributed by atoms with Crippen molar-refractivity contribution in [2.75, 3.05) is 7.11 Å². The van der Waals surface area contributed by atoms with Gasteiger partial charge in [-0.3, -0.25) is 4.40 Å². The predicted molar refractivity (Wildman–Crippen MR) is 88.9 cm³/mol.